The highest BCUT2D eigenvalue weighted by Crippen LogP contribution is 2.41. The van der Waals surface area contributed by atoms with Crippen LogP contribution in [0.1, 0.15) is 19.4 Å². The van der Waals surface area contributed by atoms with Gasteiger partial charge in [0.25, 0.3) is 5.91 Å². The van der Waals surface area contributed by atoms with E-state index in [9.17, 15) is 26.4 Å². The van der Waals surface area contributed by atoms with Crippen LogP contribution in [0, 0.1) is 11.3 Å². The Kier molecular flexibility index (Phi) is 7.13. The average molecular weight is 561 g/mol. The number of fused-ring (bicyclic) bond motifs is 1. The molecule has 2 aromatic rings. The Morgan fingerprint density at radius 1 is 1.13 bits per heavy atom. The van der Waals surface area contributed by atoms with Gasteiger partial charge in [0.2, 0.25) is 10.0 Å². The second-order valence-corrected chi connectivity index (χ2v) is 10.9. The number of rotatable bonds is 5. The summed E-state index contributed by atoms with van der Waals surface area (Å²) in [5.74, 6) is -2.76. The van der Waals surface area contributed by atoms with E-state index in [0.717, 1.165) is 12.1 Å². The maximum Gasteiger partial charge on any atom is 0.418 e. The molecule has 204 valence electrons. The number of benzene rings is 2. The number of nitrogens with one attached hydrogen (secondary N) is 1. The van der Waals surface area contributed by atoms with Gasteiger partial charge in [-0.3, -0.25) is 4.79 Å². The molecular formula is C27H24F4N4O3S. The van der Waals surface area contributed by atoms with Gasteiger partial charge in [0.15, 0.2) is 5.83 Å². The molecule has 0 saturated heterocycles. The fourth-order valence-electron chi connectivity index (χ4n) is 4.45. The number of carbonyl (C=O) groups is 1. The van der Waals surface area contributed by atoms with Crippen molar-refractivity contribution in [1.82, 2.24) is 0 Å². The van der Waals surface area contributed by atoms with Crippen molar-refractivity contribution in [3.8, 4) is 11.1 Å². The van der Waals surface area contributed by atoms with E-state index < -0.39 is 50.5 Å². The zero-order chi connectivity index (χ0) is 28.8. The molecule has 1 aliphatic carbocycles. The first-order valence-corrected chi connectivity index (χ1v) is 13.1. The first kappa shape index (κ1) is 28.0. The molecule has 4 rings (SSSR count). The maximum absolute atomic E-state index is 15.2. The standard InChI is InChI=1S/C27H24F4N4O3S/c1-15(16-9-10-26(2)11-12-34-24(32)20(26)13-16)23(28)25(36)35-21-8-7-17(14-19(21)27(29,30)31)18-5-3-4-6-22(18)39(33,37)38/h3-14,20H,1-2H3,(H2,32,34)(H,35,36)(H2,33,37,38)/b23-15+. The van der Waals surface area contributed by atoms with Crippen molar-refractivity contribution < 1.29 is 30.8 Å². The highest BCUT2D eigenvalue weighted by atomic mass is 32.2. The maximum atomic E-state index is 15.2. The quantitative estimate of drug-likeness (QED) is 0.343. The number of aliphatic imine (C=N–C) groups is 1. The number of halogens is 4. The summed E-state index contributed by atoms with van der Waals surface area (Å²) in [7, 11) is -4.24. The van der Waals surface area contributed by atoms with Crippen LogP contribution in [0.25, 0.3) is 11.1 Å². The third kappa shape index (κ3) is 5.57. The van der Waals surface area contributed by atoms with Gasteiger partial charge < -0.3 is 11.1 Å². The van der Waals surface area contributed by atoms with E-state index in [-0.39, 0.29) is 21.6 Å². The van der Waals surface area contributed by atoms with Crippen LogP contribution in [0.5, 0.6) is 0 Å². The first-order valence-electron chi connectivity index (χ1n) is 11.6. The van der Waals surface area contributed by atoms with Crippen molar-refractivity contribution in [3.05, 3.63) is 95.5 Å². The molecule has 0 spiro atoms. The molecule has 12 heteroatoms. The van der Waals surface area contributed by atoms with Crippen molar-refractivity contribution in [3.63, 3.8) is 0 Å². The minimum atomic E-state index is -4.96. The Bertz CT molecular complexity index is 1620. The SMILES string of the molecule is C/C(C1=CC2C(N)=NC=CC2(C)C=C1)=C(\F)C(=O)Nc1ccc(-c2ccccc2S(N)(=O)=O)cc1C(F)(F)F. The number of amides is 1. The summed E-state index contributed by atoms with van der Waals surface area (Å²) in [6.45, 7) is 3.24. The number of nitrogens with two attached hydrogens (primary N) is 2. The number of primary sulfonamides is 1. The normalized spacial score (nSPS) is 21.5. The summed E-state index contributed by atoms with van der Waals surface area (Å²) in [4.78, 5) is 16.4. The molecule has 1 aliphatic heterocycles. The lowest BCUT2D eigenvalue weighted by atomic mass is 9.71. The zero-order valence-electron chi connectivity index (χ0n) is 20.8. The molecule has 0 bridgehead atoms. The lowest BCUT2D eigenvalue weighted by molar-refractivity contribution is -0.136. The summed E-state index contributed by atoms with van der Waals surface area (Å²) in [6.07, 6.45) is 3.50. The number of hydrogen-bond donors (Lipinski definition) is 3. The molecule has 1 heterocycles. The van der Waals surface area contributed by atoms with Crippen molar-refractivity contribution in [2.24, 2.45) is 27.2 Å². The summed E-state index contributed by atoms with van der Waals surface area (Å²) in [6, 6.07) is 8.05. The van der Waals surface area contributed by atoms with E-state index in [1.165, 1.54) is 31.2 Å². The number of nitrogens with zero attached hydrogens (tertiary/aromatic N) is 1. The predicted octanol–water partition coefficient (Wildman–Crippen LogP) is 5.21. The van der Waals surface area contributed by atoms with Crippen molar-refractivity contribution >= 4 is 27.5 Å². The van der Waals surface area contributed by atoms with Gasteiger partial charge in [0.05, 0.1) is 16.1 Å². The minimum absolute atomic E-state index is 0.0614. The number of allylic oxidation sites excluding steroid dienone is 5. The van der Waals surface area contributed by atoms with E-state index in [1.54, 1.807) is 24.4 Å². The molecule has 0 radical (unpaired) electrons. The molecule has 39 heavy (non-hydrogen) atoms. The molecule has 1 amide bonds. The Balaban J connectivity index is 1.68. The van der Waals surface area contributed by atoms with Gasteiger partial charge in [0, 0.05) is 23.1 Å². The Labute approximate surface area is 222 Å². The van der Waals surface area contributed by atoms with Crippen LogP contribution in [0.3, 0.4) is 0 Å². The fraction of sp³-hybridized carbons (Fsp3) is 0.185. The van der Waals surface area contributed by atoms with Crippen LogP contribution in [-0.4, -0.2) is 20.2 Å². The molecule has 0 aromatic heterocycles. The summed E-state index contributed by atoms with van der Waals surface area (Å²) in [5.41, 5.74) is 3.58. The summed E-state index contributed by atoms with van der Waals surface area (Å²) >= 11 is 0. The monoisotopic (exact) mass is 560 g/mol. The zero-order valence-corrected chi connectivity index (χ0v) is 21.6. The largest absolute Gasteiger partial charge is 0.418 e. The van der Waals surface area contributed by atoms with Gasteiger partial charge in [-0.2, -0.15) is 13.2 Å². The predicted molar refractivity (Wildman–Crippen MR) is 140 cm³/mol. The number of anilines is 1. The van der Waals surface area contributed by atoms with Gasteiger partial charge in [-0.15, -0.1) is 0 Å². The van der Waals surface area contributed by atoms with E-state index in [4.69, 9.17) is 10.9 Å². The third-order valence-electron chi connectivity index (χ3n) is 6.65. The van der Waals surface area contributed by atoms with Crippen LogP contribution in [0.15, 0.2) is 99.8 Å². The van der Waals surface area contributed by atoms with E-state index >= 15 is 4.39 Å². The number of sulfonamides is 1. The lowest BCUT2D eigenvalue weighted by Crippen LogP contribution is -2.37. The third-order valence-corrected chi connectivity index (χ3v) is 7.62. The van der Waals surface area contributed by atoms with Gasteiger partial charge in [-0.1, -0.05) is 55.5 Å². The Morgan fingerprint density at radius 2 is 1.82 bits per heavy atom. The van der Waals surface area contributed by atoms with Gasteiger partial charge >= 0.3 is 6.18 Å². The first-order chi connectivity index (χ1) is 18.1. The van der Waals surface area contributed by atoms with E-state index in [0.29, 0.717) is 17.5 Å². The van der Waals surface area contributed by atoms with Crippen LogP contribution in [0.2, 0.25) is 0 Å². The fourth-order valence-corrected chi connectivity index (χ4v) is 5.21. The topological polar surface area (TPSA) is 128 Å². The van der Waals surface area contributed by atoms with Crippen LogP contribution >= 0.6 is 0 Å². The average Bonchev–Trinajstić information content (AvgIpc) is 2.86. The van der Waals surface area contributed by atoms with Crippen molar-refractivity contribution in [2.75, 3.05) is 5.32 Å². The highest BCUT2D eigenvalue weighted by molar-refractivity contribution is 7.89. The Morgan fingerprint density at radius 3 is 2.49 bits per heavy atom. The van der Waals surface area contributed by atoms with Gasteiger partial charge in [0.1, 0.15) is 5.84 Å². The molecule has 2 unspecified atom stereocenters. The summed E-state index contributed by atoms with van der Waals surface area (Å²) < 4.78 is 80.9. The molecule has 2 atom stereocenters. The van der Waals surface area contributed by atoms with Crippen molar-refractivity contribution in [1.29, 1.82) is 0 Å². The number of hydrogen-bond acceptors (Lipinski definition) is 5. The minimum Gasteiger partial charge on any atom is -0.387 e. The molecule has 0 fully saturated rings. The van der Waals surface area contributed by atoms with Gasteiger partial charge in [-0.05, 0) is 41.8 Å². The molecule has 0 saturated carbocycles. The molecular weight excluding hydrogens is 536 g/mol. The number of amidine groups is 1. The second-order valence-electron chi connectivity index (χ2n) is 9.36. The van der Waals surface area contributed by atoms with Crippen LogP contribution < -0.4 is 16.2 Å². The van der Waals surface area contributed by atoms with E-state index in [2.05, 4.69) is 4.99 Å². The van der Waals surface area contributed by atoms with E-state index in [1.807, 2.05) is 18.3 Å². The second kappa shape index (κ2) is 9.93. The molecule has 2 aliphatic rings. The molecule has 7 nitrogen and oxygen atoms in total. The molecule has 2 aromatic carbocycles. The van der Waals surface area contributed by atoms with Crippen molar-refractivity contribution in [2.45, 2.75) is 24.9 Å². The van der Waals surface area contributed by atoms with Crippen LogP contribution in [0.4, 0.5) is 23.2 Å². The Hall–Kier alpha value is -4.03. The smallest absolute Gasteiger partial charge is 0.387 e. The summed E-state index contributed by atoms with van der Waals surface area (Å²) in [5, 5.41) is 7.20. The molecule has 5 N–H and O–H groups in total. The number of carbonyl (C=O) groups excluding carboxylic acids is 1. The lowest BCUT2D eigenvalue weighted by Gasteiger charge is -2.35. The van der Waals surface area contributed by atoms with Gasteiger partial charge in [-0.25, -0.2) is 22.9 Å². The van der Waals surface area contributed by atoms with Crippen LogP contribution in [-0.2, 0) is 21.0 Å². The highest BCUT2D eigenvalue weighted by Gasteiger charge is 2.37. The number of alkyl halides is 3.